The average Bonchev–Trinajstić information content (AvgIpc) is 1.91. The van der Waals surface area contributed by atoms with Gasteiger partial charge >= 0.3 is 0 Å². The Kier molecular flexibility index (Phi) is 3.11. The monoisotopic (exact) mass is 114 g/mol. The summed E-state index contributed by atoms with van der Waals surface area (Å²) in [6.45, 7) is 4.72. The summed E-state index contributed by atoms with van der Waals surface area (Å²) in [4.78, 5) is 0. The molecule has 0 bridgehead atoms. The molecule has 1 aliphatic carbocycles. The lowest BCUT2D eigenvalue weighted by molar-refractivity contribution is 0.457. The topological polar surface area (TPSA) is 0 Å². The van der Waals surface area contributed by atoms with Crippen molar-refractivity contribution in [2.75, 3.05) is 0 Å². The highest BCUT2D eigenvalue weighted by atomic mass is 14.2. The van der Waals surface area contributed by atoms with Gasteiger partial charge in [-0.2, -0.15) is 0 Å². The van der Waals surface area contributed by atoms with Crippen molar-refractivity contribution in [2.24, 2.45) is 11.8 Å². The molecule has 0 aromatic carbocycles. The highest BCUT2D eigenvalue weighted by Crippen LogP contribution is 2.29. The Morgan fingerprint density at radius 3 is 1.50 bits per heavy atom. The molecule has 1 rings (SSSR count). The van der Waals surface area contributed by atoms with Crippen LogP contribution in [0, 0.1) is 11.8 Å². The Balaban J connectivity index is 0.000000490. The molecule has 8 heavy (non-hydrogen) atoms. The van der Waals surface area contributed by atoms with Crippen molar-refractivity contribution in [1.82, 2.24) is 0 Å². The molecule has 50 valence electrons. The number of hydrogen-bond donors (Lipinski definition) is 0. The molecule has 0 amide bonds. The van der Waals surface area contributed by atoms with E-state index >= 15 is 0 Å². The van der Waals surface area contributed by atoms with Crippen molar-refractivity contribution >= 4 is 0 Å². The number of rotatable bonds is 0. The second kappa shape index (κ2) is 3.11. The summed E-state index contributed by atoms with van der Waals surface area (Å²) in [7, 11) is 0. The van der Waals surface area contributed by atoms with Crippen LogP contribution in [0.5, 0.6) is 0 Å². The van der Waals surface area contributed by atoms with Crippen molar-refractivity contribution in [3.05, 3.63) is 0 Å². The number of hydrogen-bond acceptors (Lipinski definition) is 0. The van der Waals surface area contributed by atoms with Gasteiger partial charge in [0.15, 0.2) is 0 Å². The molecule has 0 heteroatoms. The molecule has 1 aliphatic rings. The van der Waals surface area contributed by atoms with E-state index in [9.17, 15) is 0 Å². The maximum Gasteiger partial charge on any atom is -0.0417 e. The Morgan fingerprint density at radius 1 is 1.00 bits per heavy atom. The second-order valence-electron chi connectivity index (χ2n) is 2.89. The summed E-state index contributed by atoms with van der Waals surface area (Å²) in [6.07, 6.45) is 4.42. The van der Waals surface area contributed by atoms with Gasteiger partial charge in [0.25, 0.3) is 0 Å². The van der Waals surface area contributed by atoms with Crippen LogP contribution in [0.4, 0.5) is 0 Å². The lowest BCUT2D eigenvalue weighted by atomic mass is 10.0. The molecule has 0 radical (unpaired) electrons. The summed E-state index contributed by atoms with van der Waals surface area (Å²) >= 11 is 0. The quantitative estimate of drug-likeness (QED) is 0.454. The van der Waals surface area contributed by atoms with E-state index in [1.165, 1.54) is 19.3 Å². The van der Waals surface area contributed by atoms with E-state index in [2.05, 4.69) is 13.8 Å². The average molecular weight is 114 g/mol. The van der Waals surface area contributed by atoms with Crippen LogP contribution in [0.1, 0.15) is 40.5 Å². The van der Waals surface area contributed by atoms with E-state index in [0.29, 0.717) is 0 Å². The van der Waals surface area contributed by atoms with Gasteiger partial charge in [0.2, 0.25) is 0 Å². The molecule has 0 aromatic rings. The largest absolute Gasteiger partial charge is 0.0776 e. The Bertz CT molecular complexity index is 49.1. The molecular formula is C8H18. The Hall–Kier alpha value is 0. The van der Waals surface area contributed by atoms with E-state index < -0.39 is 0 Å². The smallest absolute Gasteiger partial charge is 0.0417 e. The lowest BCUT2D eigenvalue weighted by Crippen LogP contribution is -1.95. The van der Waals surface area contributed by atoms with E-state index in [-0.39, 0.29) is 7.43 Å². The van der Waals surface area contributed by atoms with Crippen LogP contribution in [0.3, 0.4) is 0 Å². The van der Waals surface area contributed by atoms with Crippen molar-refractivity contribution in [3.63, 3.8) is 0 Å². The maximum absolute atomic E-state index is 2.36. The first-order valence-electron chi connectivity index (χ1n) is 3.30. The Morgan fingerprint density at radius 2 is 1.38 bits per heavy atom. The summed E-state index contributed by atoms with van der Waals surface area (Å²) in [6, 6.07) is 0. The Labute approximate surface area is 53.3 Å². The van der Waals surface area contributed by atoms with E-state index in [1.54, 1.807) is 0 Å². The SMILES string of the molecule is C.CC1CCC[C@@H]1C. The zero-order valence-corrected chi connectivity index (χ0v) is 5.28. The van der Waals surface area contributed by atoms with Gasteiger partial charge in [-0.05, 0) is 11.8 Å². The van der Waals surface area contributed by atoms with E-state index in [1.807, 2.05) is 0 Å². The van der Waals surface area contributed by atoms with Crippen LogP contribution < -0.4 is 0 Å². The normalized spacial score (nSPS) is 36.8. The molecule has 0 heterocycles. The molecule has 0 spiro atoms. The molecule has 2 atom stereocenters. The lowest BCUT2D eigenvalue weighted by Gasteiger charge is -2.05. The first-order valence-corrected chi connectivity index (χ1v) is 3.30. The summed E-state index contributed by atoms with van der Waals surface area (Å²) < 4.78 is 0. The summed E-state index contributed by atoms with van der Waals surface area (Å²) in [5, 5.41) is 0. The summed E-state index contributed by atoms with van der Waals surface area (Å²) in [5.41, 5.74) is 0. The van der Waals surface area contributed by atoms with Crippen molar-refractivity contribution in [3.8, 4) is 0 Å². The van der Waals surface area contributed by atoms with Crippen molar-refractivity contribution < 1.29 is 0 Å². The van der Waals surface area contributed by atoms with Gasteiger partial charge in [-0.25, -0.2) is 0 Å². The first-order chi connectivity index (χ1) is 3.30. The van der Waals surface area contributed by atoms with Gasteiger partial charge in [-0.1, -0.05) is 40.5 Å². The van der Waals surface area contributed by atoms with Gasteiger partial charge in [-0.15, -0.1) is 0 Å². The molecular weight excluding hydrogens is 96.1 g/mol. The fourth-order valence-electron chi connectivity index (χ4n) is 1.33. The van der Waals surface area contributed by atoms with Crippen LogP contribution in [-0.2, 0) is 0 Å². The standard InChI is InChI=1S/C7H14.CH4/c1-6-4-3-5-7(6)2;/h6-7H,3-5H2,1-2H3;1H4/t6-,7?;/m0./s1. The van der Waals surface area contributed by atoms with Gasteiger partial charge in [-0.3, -0.25) is 0 Å². The molecule has 1 saturated carbocycles. The third-order valence-electron chi connectivity index (χ3n) is 2.29. The predicted octanol–water partition coefficient (Wildman–Crippen LogP) is 3.08. The first kappa shape index (κ1) is 8.00. The van der Waals surface area contributed by atoms with Crippen LogP contribution >= 0.6 is 0 Å². The van der Waals surface area contributed by atoms with Crippen LogP contribution in [0.2, 0.25) is 0 Å². The van der Waals surface area contributed by atoms with Crippen LogP contribution in [-0.4, -0.2) is 0 Å². The van der Waals surface area contributed by atoms with Crippen LogP contribution in [0.15, 0.2) is 0 Å². The molecule has 0 N–H and O–H groups in total. The minimum absolute atomic E-state index is 0. The maximum atomic E-state index is 2.36. The van der Waals surface area contributed by atoms with Gasteiger partial charge < -0.3 is 0 Å². The molecule has 0 nitrogen and oxygen atoms in total. The third-order valence-corrected chi connectivity index (χ3v) is 2.29. The second-order valence-corrected chi connectivity index (χ2v) is 2.89. The molecule has 1 unspecified atom stereocenters. The molecule has 1 fully saturated rings. The zero-order chi connectivity index (χ0) is 5.28. The van der Waals surface area contributed by atoms with E-state index in [4.69, 9.17) is 0 Å². The summed E-state index contributed by atoms with van der Waals surface area (Å²) in [5.74, 6) is 2.03. The highest BCUT2D eigenvalue weighted by Gasteiger charge is 2.17. The fraction of sp³-hybridized carbons (Fsp3) is 1.00. The highest BCUT2D eigenvalue weighted by molar-refractivity contribution is 4.69. The van der Waals surface area contributed by atoms with Gasteiger partial charge in [0.1, 0.15) is 0 Å². The van der Waals surface area contributed by atoms with E-state index in [0.717, 1.165) is 11.8 Å². The molecule has 0 saturated heterocycles. The van der Waals surface area contributed by atoms with Crippen molar-refractivity contribution in [1.29, 1.82) is 0 Å². The minimum Gasteiger partial charge on any atom is -0.0776 e. The third kappa shape index (κ3) is 1.50. The van der Waals surface area contributed by atoms with Crippen molar-refractivity contribution in [2.45, 2.75) is 40.5 Å². The van der Waals surface area contributed by atoms with Gasteiger partial charge in [0.05, 0.1) is 0 Å². The molecule has 0 aromatic heterocycles. The fourth-order valence-corrected chi connectivity index (χ4v) is 1.33. The predicted molar refractivity (Wildman–Crippen MR) is 38.9 cm³/mol. The van der Waals surface area contributed by atoms with Crippen LogP contribution in [0.25, 0.3) is 0 Å². The molecule has 0 aliphatic heterocycles. The minimum atomic E-state index is 0. The van der Waals surface area contributed by atoms with Gasteiger partial charge in [0, 0.05) is 0 Å². The zero-order valence-electron chi connectivity index (χ0n) is 5.28.